The van der Waals surface area contributed by atoms with Gasteiger partial charge in [0.2, 0.25) is 5.91 Å². The maximum absolute atomic E-state index is 14.4. The molecule has 1 saturated carbocycles. The molecule has 0 bridgehead atoms. The highest BCUT2D eigenvalue weighted by molar-refractivity contribution is 6.10. The van der Waals surface area contributed by atoms with E-state index in [0.29, 0.717) is 38.2 Å². The first-order valence-electron chi connectivity index (χ1n) is 16.5. The van der Waals surface area contributed by atoms with Gasteiger partial charge in [0.25, 0.3) is 0 Å². The van der Waals surface area contributed by atoms with Crippen LogP contribution < -0.4 is 14.4 Å². The first kappa shape index (κ1) is 30.8. The number of likely N-dealkylation sites (tertiary alicyclic amines) is 1. The summed E-state index contributed by atoms with van der Waals surface area (Å²) in [4.78, 5) is 30.9. The quantitative estimate of drug-likeness (QED) is 0.212. The van der Waals surface area contributed by atoms with Crippen molar-refractivity contribution in [2.24, 2.45) is 0 Å². The molecule has 47 heavy (non-hydrogen) atoms. The van der Waals surface area contributed by atoms with Gasteiger partial charge in [-0.2, -0.15) is 5.10 Å². The molecule has 1 aromatic heterocycles. The van der Waals surface area contributed by atoms with Gasteiger partial charge in [-0.1, -0.05) is 36.8 Å². The summed E-state index contributed by atoms with van der Waals surface area (Å²) in [5.74, 6) is 1.60. The van der Waals surface area contributed by atoms with E-state index < -0.39 is 11.0 Å². The normalized spacial score (nSPS) is 17.4. The number of carbonyl (C=O) groups is 2. The van der Waals surface area contributed by atoms with E-state index in [1.807, 2.05) is 97.2 Å². The molecule has 2 fully saturated rings. The monoisotopic (exact) mass is 634 g/mol. The molecule has 2 aliphatic heterocycles. The number of rotatable bonds is 7. The zero-order valence-corrected chi connectivity index (χ0v) is 27.6. The van der Waals surface area contributed by atoms with Gasteiger partial charge in [0.1, 0.15) is 23.2 Å². The zero-order chi connectivity index (χ0) is 32.8. The highest BCUT2D eigenvalue weighted by atomic mass is 16.6. The first-order chi connectivity index (χ1) is 22.6. The van der Waals surface area contributed by atoms with Crippen LogP contribution in [0.15, 0.2) is 79.0 Å². The fraction of sp³-hybridized carbons (Fsp3) is 0.395. The molecule has 0 unspecified atom stereocenters. The minimum Gasteiger partial charge on any atom is -0.497 e. The van der Waals surface area contributed by atoms with Crippen molar-refractivity contribution in [1.29, 1.82) is 0 Å². The van der Waals surface area contributed by atoms with E-state index in [4.69, 9.17) is 14.2 Å². The number of para-hydroxylation sites is 1. The van der Waals surface area contributed by atoms with Crippen molar-refractivity contribution in [2.45, 2.75) is 76.5 Å². The Morgan fingerprint density at radius 2 is 1.70 bits per heavy atom. The Kier molecular flexibility index (Phi) is 7.94. The highest BCUT2D eigenvalue weighted by Gasteiger charge is 2.55. The number of carbonyl (C=O) groups excluding carboxylic acids is 2. The largest absolute Gasteiger partial charge is 0.497 e. The second-order valence-corrected chi connectivity index (χ2v) is 13.8. The highest BCUT2D eigenvalue weighted by Crippen LogP contribution is 2.57. The van der Waals surface area contributed by atoms with E-state index in [-0.39, 0.29) is 18.1 Å². The average Bonchev–Trinajstić information content (AvgIpc) is 3.63. The first-order valence-corrected chi connectivity index (χ1v) is 16.5. The van der Waals surface area contributed by atoms with Crippen molar-refractivity contribution in [2.75, 3.05) is 25.1 Å². The molecule has 0 radical (unpaired) electrons. The molecule has 3 aliphatic rings. The third-order valence-electron chi connectivity index (χ3n) is 9.55. The summed E-state index contributed by atoms with van der Waals surface area (Å²) < 4.78 is 19.8. The Morgan fingerprint density at radius 1 is 0.979 bits per heavy atom. The number of hydrogen-bond donors (Lipinski definition) is 0. The van der Waals surface area contributed by atoms with Crippen molar-refractivity contribution in [1.82, 2.24) is 14.7 Å². The van der Waals surface area contributed by atoms with E-state index in [1.165, 1.54) is 0 Å². The lowest BCUT2D eigenvalue weighted by molar-refractivity contribution is -0.126. The van der Waals surface area contributed by atoms with E-state index in [0.717, 1.165) is 58.8 Å². The molecule has 4 aromatic rings. The van der Waals surface area contributed by atoms with Crippen LogP contribution in [0.2, 0.25) is 0 Å². The number of methoxy groups -OCH3 is 1. The molecule has 0 N–H and O–H groups in total. The number of ether oxygens (including phenoxy) is 3. The van der Waals surface area contributed by atoms with E-state index in [2.05, 4.69) is 17.2 Å². The number of amides is 2. The van der Waals surface area contributed by atoms with Gasteiger partial charge >= 0.3 is 6.09 Å². The topological polar surface area (TPSA) is 86.1 Å². The molecular formula is C38H42N4O5. The van der Waals surface area contributed by atoms with E-state index >= 15 is 0 Å². The maximum Gasteiger partial charge on any atom is 0.410 e. The van der Waals surface area contributed by atoms with Crippen LogP contribution in [0.3, 0.4) is 0 Å². The predicted octanol–water partition coefficient (Wildman–Crippen LogP) is 7.29. The minimum absolute atomic E-state index is 0.122. The van der Waals surface area contributed by atoms with E-state index in [1.54, 1.807) is 12.0 Å². The van der Waals surface area contributed by atoms with Crippen LogP contribution in [-0.4, -0.2) is 58.6 Å². The molecule has 244 valence electrons. The van der Waals surface area contributed by atoms with Crippen molar-refractivity contribution in [3.8, 4) is 28.4 Å². The summed E-state index contributed by atoms with van der Waals surface area (Å²) in [5.41, 5.74) is 4.64. The molecule has 9 heteroatoms. The second-order valence-electron chi connectivity index (χ2n) is 13.8. The van der Waals surface area contributed by atoms with Crippen LogP contribution in [0.5, 0.6) is 11.5 Å². The summed E-state index contributed by atoms with van der Waals surface area (Å²) in [6, 6.07) is 24.2. The zero-order valence-electron chi connectivity index (χ0n) is 27.6. The van der Waals surface area contributed by atoms with Gasteiger partial charge in [-0.3, -0.25) is 4.79 Å². The van der Waals surface area contributed by atoms with Crippen molar-refractivity contribution < 1.29 is 23.8 Å². The van der Waals surface area contributed by atoms with Crippen molar-refractivity contribution in [3.05, 3.63) is 90.1 Å². The molecule has 0 atom stereocenters. The average molecular weight is 635 g/mol. The number of anilines is 1. The number of fused-ring (bicyclic) bond motifs is 2. The molecule has 2 amide bonds. The van der Waals surface area contributed by atoms with Crippen LogP contribution in [0.1, 0.15) is 64.0 Å². The lowest BCUT2D eigenvalue weighted by Gasteiger charge is -2.37. The fourth-order valence-electron chi connectivity index (χ4n) is 7.00. The summed E-state index contributed by atoms with van der Waals surface area (Å²) in [6.45, 7) is 7.16. The molecular weight excluding hydrogens is 592 g/mol. The number of nitrogens with zero attached hydrogens (tertiary/aromatic N) is 4. The molecule has 7 rings (SSSR count). The van der Waals surface area contributed by atoms with Gasteiger partial charge in [0, 0.05) is 31.5 Å². The Balaban J connectivity index is 1.27. The van der Waals surface area contributed by atoms with Gasteiger partial charge in [-0.15, -0.1) is 0 Å². The summed E-state index contributed by atoms with van der Waals surface area (Å²) >= 11 is 0. The number of aromatic nitrogens is 2. The lowest BCUT2D eigenvalue weighted by atomic mass is 9.65. The Morgan fingerprint density at radius 3 is 2.34 bits per heavy atom. The van der Waals surface area contributed by atoms with Crippen LogP contribution in [0.4, 0.5) is 10.5 Å². The van der Waals surface area contributed by atoms with Crippen LogP contribution >= 0.6 is 0 Å². The Labute approximate surface area is 276 Å². The van der Waals surface area contributed by atoms with Gasteiger partial charge in [0.05, 0.1) is 42.3 Å². The number of hydrogen-bond acceptors (Lipinski definition) is 6. The molecule has 9 nitrogen and oxygen atoms in total. The Bertz CT molecular complexity index is 1760. The lowest BCUT2D eigenvalue weighted by Crippen LogP contribution is -2.45. The predicted molar refractivity (Wildman–Crippen MR) is 180 cm³/mol. The van der Waals surface area contributed by atoms with Crippen LogP contribution in [0.25, 0.3) is 16.9 Å². The van der Waals surface area contributed by atoms with Gasteiger partial charge in [-0.25, -0.2) is 9.48 Å². The summed E-state index contributed by atoms with van der Waals surface area (Å²) in [5, 5.41) is 4.66. The standard InChI is InChI=1S/C38H42N4O5/c1-37(2,3)47-36(44)40-21-16-30(17-22-40)46-33-24-27(32-15-20-39-42(32)28-9-6-5-7-10-28)23-31-34(33)41(35(43)38(31)18-8-19-38)25-26-11-13-29(45-4)14-12-26/h5-7,9-15,20,23-24,30H,8,16-19,21-22,25H2,1-4H3. The third kappa shape index (κ3) is 5.83. The minimum atomic E-state index is -0.562. The van der Waals surface area contributed by atoms with Gasteiger partial charge < -0.3 is 24.0 Å². The second kappa shape index (κ2) is 12.1. The summed E-state index contributed by atoms with van der Waals surface area (Å²) in [6.07, 6.45) is 5.35. The number of piperidine rings is 1. The molecule has 1 spiro atoms. The van der Waals surface area contributed by atoms with Crippen LogP contribution in [-0.2, 0) is 21.5 Å². The molecule has 1 aliphatic carbocycles. The van der Waals surface area contributed by atoms with Gasteiger partial charge in [0.15, 0.2) is 0 Å². The molecule has 1 saturated heterocycles. The summed E-state index contributed by atoms with van der Waals surface area (Å²) in [7, 11) is 1.65. The third-order valence-corrected chi connectivity index (χ3v) is 9.55. The van der Waals surface area contributed by atoms with Crippen molar-refractivity contribution >= 4 is 17.7 Å². The molecule has 3 aromatic carbocycles. The molecule has 3 heterocycles. The van der Waals surface area contributed by atoms with Crippen molar-refractivity contribution in [3.63, 3.8) is 0 Å². The SMILES string of the molecule is COc1ccc(CN2C(=O)C3(CCC3)c3cc(-c4ccnn4-c4ccccc4)cc(OC4CCN(C(=O)OC(C)(C)C)CC4)c32)cc1. The fourth-order valence-corrected chi connectivity index (χ4v) is 7.00. The van der Waals surface area contributed by atoms with Gasteiger partial charge in [-0.05, 0) is 87.2 Å². The van der Waals surface area contributed by atoms with Crippen LogP contribution in [0, 0.1) is 0 Å². The Hall–Kier alpha value is -4.79. The number of benzene rings is 3. The van der Waals surface area contributed by atoms with E-state index in [9.17, 15) is 9.59 Å². The maximum atomic E-state index is 14.4. The smallest absolute Gasteiger partial charge is 0.410 e.